The zero-order valence-electron chi connectivity index (χ0n) is 12.9. The first kappa shape index (κ1) is 16.7. The molecular weight excluding hydrogens is 256 g/mol. The van der Waals surface area contributed by atoms with Gasteiger partial charge in [0.05, 0.1) is 5.41 Å². The van der Waals surface area contributed by atoms with E-state index in [0.717, 1.165) is 0 Å². The fourth-order valence-corrected chi connectivity index (χ4v) is 4.50. The van der Waals surface area contributed by atoms with Gasteiger partial charge in [-0.05, 0) is 37.5 Å². The van der Waals surface area contributed by atoms with Gasteiger partial charge in [-0.1, -0.05) is 39.8 Å². The van der Waals surface area contributed by atoms with Crippen molar-refractivity contribution in [1.29, 1.82) is 0 Å². The molecule has 2 unspecified atom stereocenters. The molecule has 1 rings (SSSR count). The van der Waals surface area contributed by atoms with E-state index < -0.39 is 28.2 Å². The van der Waals surface area contributed by atoms with Gasteiger partial charge in [0.2, 0.25) is 0 Å². The van der Waals surface area contributed by atoms with E-state index in [-0.39, 0.29) is 0 Å². The summed E-state index contributed by atoms with van der Waals surface area (Å²) in [5, 5.41) is 19.8. The number of hydrogen-bond acceptors (Lipinski definition) is 2. The van der Waals surface area contributed by atoms with Crippen molar-refractivity contribution in [2.45, 2.75) is 59.8 Å². The average molecular weight is 282 g/mol. The standard InChI is InChI=1S/C16H26O4/c1-5-14(6-2)10-9-11-15(7-3,12(17)18)16(14,8-4)13(19)20/h9,11H,5-8,10H2,1-4H3,(H,17,18)(H,19,20). The van der Waals surface area contributed by atoms with Gasteiger partial charge in [-0.2, -0.15) is 0 Å². The first-order valence-electron chi connectivity index (χ1n) is 7.48. The Morgan fingerprint density at radius 2 is 1.50 bits per heavy atom. The van der Waals surface area contributed by atoms with Gasteiger partial charge in [0.25, 0.3) is 0 Å². The molecule has 4 heteroatoms. The summed E-state index contributed by atoms with van der Waals surface area (Å²) in [7, 11) is 0. The van der Waals surface area contributed by atoms with Crippen LogP contribution in [0.3, 0.4) is 0 Å². The number of carbonyl (C=O) groups is 2. The summed E-state index contributed by atoms with van der Waals surface area (Å²) in [4.78, 5) is 24.2. The third-order valence-electron chi connectivity index (χ3n) is 5.77. The fraction of sp³-hybridized carbons (Fsp3) is 0.750. The predicted molar refractivity (Wildman–Crippen MR) is 77.5 cm³/mol. The fourth-order valence-electron chi connectivity index (χ4n) is 4.50. The van der Waals surface area contributed by atoms with Crippen LogP contribution in [-0.2, 0) is 9.59 Å². The third kappa shape index (κ3) is 1.73. The Hall–Kier alpha value is -1.32. The quantitative estimate of drug-likeness (QED) is 0.728. The van der Waals surface area contributed by atoms with Crippen molar-refractivity contribution in [1.82, 2.24) is 0 Å². The molecule has 1 aliphatic rings. The molecule has 114 valence electrons. The van der Waals surface area contributed by atoms with Gasteiger partial charge < -0.3 is 10.2 Å². The SMILES string of the molecule is CCC1(CC)CC=CC(CC)(C(=O)O)C1(CC)C(=O)O. The summed E-state index contributed by atoms with van der Waals surface area (Å²) >= 11 is 0. The first-order chi connectivity index (χ1) is 9.34. The Labute approximate surface area is 120 Å². The minimum atomic E-state index is -1.32. The highest BCUT2D eigenvalue weighted by Gasteiger charge is 2.67. The van der Waals surface area contributed by atoms with Crippen molar-refractivity contribution >= 4 is 11.9 Å². The van der Waals surface area contributed by atoms with Gasteiger partial charge in [0, 0.05) is 0 Å². The molecule has 2 atom stereocenters. The average Bonchev–Trinajstić information content (AvgIpc) is 2.44. The van der Waals surface area contributed by atoms with Crippen LogP contribution in [0.2, 0.25) is 0 Å². The Kier molecular flexibility index (Phi) is 4.67. The minimum absolute atomic E-state index is 0.292. The second-order valence-corrected chi connectivity index (χ2v) is 5.79. The topological polar surface area (TPSA) is 74.6 Å². The molecule has 0 amide bonds. The van der Waals surface area contributed by atoms with Gasteiger partial charge in [-0.15, -0.1) is 0 Å². The molecule has 0 aromatic rings. The van der Waals surface area contributed by atoms with Gasteiger partial charge in [-0.3, -0.25) is 9.59 Å². The molecule has 0 aliphatic heterocycles. The summed E-state index contributed by atoms with van der Waals surface area (Å²) in [5.74, 6) is -2.00. The van der Waals surface area contributed by atoms with E-state index in [4.69, 9.17) is 0 Å². The zero-order chi connectivity index (χ0) is 15.6. The van der Waals surface area contributed by atoms with Crippen molar-refractivity contribution in [3.8, 4) is 0 Å². The molecule has 0 saturated carbocycles. The Morgan fingerprint density at radius 3 is 1.80 bits per heavy atom. The largest absolute Gasteiger partial charge is 0.481 e. The van der Waals surface area contributed by atoms with Crippen LogP contribution < -0.4 is 0 Å². The van der Waals surface area contributed by atoms with Crippen molar-refractivity contribution in [2.75, 3.05) is 0 Å². The Balaban J connectivity index is 3.76. The Bertz CT molecular complexity index is 422. The number of carboxylic acids is 2. The van der Waals surface area contributed by atoms with E-state index in [1.165, 1.54) is 0 Å². The number of allylic oxidation sites excluding steroid dienone is 1. The highest BCUT2D eigenvalue weighted by molar-refractivity contribution is 5.89. The summed E-state index contributed by atoms with van der Waals surface area (Å²) in [5.41, 5.74) is -3.08. The van der Waals surface area contributed by atoms with Crippen LogP contribution in [0.25, 0.3) is 0 Å². The highest BCUT2D eigenvalue weighted by atomic mass is 16.4. The number of rotatable bonds is 6. The predicted octanol–water partition coefficient (Wildman–Crippen LogP) is 3.71. The number of aliphatic carboxylic acids is 2. The summed E-state index contributed by atoms with van der Waals surface area (Å²) in [6.45, 7) is 7.52. The van der Waals surface area contributed by atoms with Crippen LogP contribution in [0.4, 0.5) is 0 Å². The number of carboxylic acid groups (broad SMARTS) is 2. The molecule has 0 radical (unpaired) electrons. The molecule has 0 bridgehead atoms. The molecular formula is C16H26O4. The molecule has 4 nitrogen and oxygen atoms in total. The smallest absolute Gasteiger partial charge is 0.314 e. The monoisotopic (exact) mass is 282 g/mol. The second-order valence-electron chi connectivity index (χ2n) is 5.79. The lowest BCUT2D eigenvalue weighted by molar-refractivity contribution is -0.189. The number of hydrogen-bond donors (Lipinski definition) is 2. The second kappa shape index (κ2) is 5.58. The maximum absolute atomic E-state index is 12.2. The van der Waals surface area contributed by atoms with E-state index >= 15 is 0 Å². The molecule has 0 aromatic heterocycles. The molecule has 0 aromatic carbocycles. The minimum Gasteiger partial charge on any atom is -0.481 e. The van der Waals surface area contributed by atoms with Crippen LogP contribution >= 0.6 is 0 Å². The van der Waals surface area contributed by atoms with Gasteiger partial charge >= 0.3 is 11.9 Å². The molecule has 0 spiro atoms. The highest BCUT2D eigenvalue weighted by Crippen LogP contribution is 2.64. The summed E-state index contributed by atoms with van der Waals surface area (Å²) in [6, 6.07) is 0. The molecule has 0 heterocycles. The van der Waals surface area contributed by atoms with Crippen LogP contribution in [0.15, 0.2) is 12.2 Å². The van der Waals surface area contributed by atoms with Crippen LogP contribution in [0.1, 0.15) is 59.8 Å². The van der Waals surface area contributed by atoms with Crippen molar-refractivity contribution in [2.24, 2.45) is 16.2 Å². The molecule has 0 fully saturated rings. The van der Waals surface area contributed by atoms with Gasteiger partial charge in [0.15, 0.2) is 0 Å². The van der Waals surface area contributed by atoms with Crippen molar-refractivity contribution < 1.29 is 19.8 Å². The maximum Gasteiger partial charge on any atom is 0.314 e. The first-order valence-corrected chi connectivity index (χ1v) is 7.48. The molecule has 20 heavy (non-hydrogen) atoms. The lowest BCUT2D eigenvalue weighted by atomic mass is 9.44. The van der Waals surface area contributed by atoms with E-state index in [9.17, 15) is 19.8 Å². The van der Waals surface area contributed by atoms with Crippen molar-refractivity contribution in [3.05, 3.63) is 12.2 Å². The van der Waals surface area contributed by atoms with Gasteiger partial charge in [0.1, 0.15) is 5.41 Å². The molecule has 1 aliphatic carbocycles. The van der Waals surface area contributed by atoms with E-state index in [0.29, 0.717) is 32.1 Å². The lowest BCUT2D eigenvalue weighted by Gasteiger charge is -2.57. The third-order valence-corrected chi connectivity index (χ3v) is 5.77. The molecule has 0 saturated heterocycles. The Morgan fingerprint density at radius 1 is 0.950 bits per heavy atom. The van der Waals surface area contributed by atoms with Gasteiger partial charge in [-0.25, -0.2) is 0 Å². The summed E-state index contributed by atoms with van der Waals surface area (Å²) in [6.07, 6.45) is 6.11. The lowest BCUT2D eigenvalue weighted by Crippen LogP contribution is -2.61. The maximum atomic E-state index is 12.2. The zero-order valence-corrected chi connectivity index (χ0v) is 12.9. The summed E-state index contributed by atoms with van der Waals surface area (Å²) < 4.78 is 0. The van der Waals surface area contributed by atoms with E-state index in [1.807, 2.05) is 19.9 Å². The van der Waals surface area contributed by atoms with Crippen LogP contribution in [0, 0.1) is 16.2 Å². The molecule has 2 N–H and O–H groups in total. The normalized spacial score (nSPS) is 32.0. The van der Waals surface area contributed by atoms with E-state index in [2.05, 4.69) is 0 Å². The van der Waals surface area contributed by atoms with Crippen molar-refractivity contribution in [3.63, 3.8) is 0 Å². The van der Waals surface area contributed by atoms with E-state index in [1.54, 1.807) is 19.9 Å². The van der Waals surface area contributed by atoms with Crippen LogP contribution in [0.5, 0.6) is 0 Å². The van der Waals surface area contributed by atoms with Crippen LogP contribution in [-0.4, -0.2) is 22.2 Å².